The Morgan fingerprint density at radius 1 is 0.966 bits per heavy atom. The number of anilines is 2. The Balaban J connectivity index is 1.11. The first-order valence-electron chi connectivity index (χ1n) is 20.9. The minimum Gasteiger partial charge on any atom is -0.497 e. The first-order valence-corrected chi connectivity index (χ1v) is 24.8. The number of nitrogens with zero attached hydrogens (tertiary/aromatic N) is 5. The molecule has 59 heavy (non-hydrogen) atoms. The molecule has 8 rings (SSSR count). The van der Waals surface area contributed by atoms with Gasteiger partial charge in [-0.3, -0.25) is 14.3 Å². The van der Waals surface area contributed by atoms with Crippen molar-refractivity contribution < 1.29 is 24.2 Å². The maximum atomic E-state index is 15.4. The van der Waals surface area contributed by atoms with Crippen molar-refractivity contribution in [3.63, 3.8) is 0 Å². The van der Waals surface area contributed by atoms with Crippen LogP contribution in [0.3, 0.4) is 0 Å². The van der Waals surface area contributed by atoms with Crippen molar-refractivity contribution >= 4 is 52.4 Å². The van der Waals surface area contributed by atoms with E-state index in [9.17, 15) is 9.90 Å². The number of ether oxygens (including phenoxy) is 2. The van der Waals surface area contributed by atoms with E-state index >= 15 is 4.79 Å². The van der Waals surface area contributed by atoms with Gasteiger partial charge in [-0.1, -0.05) is 114 Å². The molecule has 3 aliphatic rings. The van der Waals surface area contributed by atoms with Crippen molar-refractivity contribution in [1.82, 2.24) is 15.0 Å². The lowest BCUT2D eigenvalue weighted by Crippen LogP contribution is -2.51. The summed E-state index contributed by atoms with van der Waals surface area (Å²) in [5.41, 5.74) is 4.18. The highest BCUT2D eigenvalue weighted by atomic mass is 79.9. The molecule has 4 heterocycles. The first-order chi connectivity index (χ1) is 28.5. The van der Waals surface area contributed by atoms with Gasteiger partial charge in [-0.15, -0.1) is 5.10 Å². The molecule has 1 spiro atoms. The summed E-state index contributed by atoms with van der Waals surface area (Å²) >= 11 is 3.74. The average Bonchev–Trinajstić information content (AvgIpc) is 3.90. The molecule has 0 aliphatic carbocycles. The van der Waals surface area contributed by atoms with Crippen LogP contribution in [0.5, 0.6) is 5.75 Å². The highest BCUT2D eigenvalue weighted by Gasteiger charge is 2.66. The second kappa shape index (κ2) is 17.2. The lowest BCUT2D eigenvalue weighted by molar-refractivity contribution is -0.146. The van der Waals surface area contributed by atoms with Gasteiger partial charge in [0.1, 0.15) is 5.75 Å². The Kier molecular flexibility index (Phi) is 12.0. The molecule has 3 aliphatic heterocycles. The number of benzene rings is 4. The van der Waals surface area contributed by atoms with Crippen LogP contribution in [0.4, 0.5) is 11.4 Å². The molecule has 4 aromatic carbocycles. The van der Waals surface area contributed by atoms with Crippen molar-refractivity contribution in [3.8, 4) is 5.75 Å². The molecule has 308 valence electrons. The zero-order chi connectivity index (χ0) is 41.3. The number of rotatable bonds is 12. The number of carbonyl (C=O) groups is 2. The van der Waals surface area contributed by atoms with E-state index in [0.717, 1.165) is 70.5 Å². The molecular weight excluding hydrogens is 823 g/mol. The molecule has 0 radical (unpaired) electrons. The summed E-state index contributed by atoms with van der Waals surface area (Å²) < 4.78 is 15.7. The van der Waals surface area contributed by atoms with Crippen LogP contribution in [-0.2, 0) is 33.0 Å². The standard InChI is InChI=1S/C47H54BrN5O5Si/c1-32-45(59(3,4)38-22-20-37(57-2)21-23-38)43(25-27-51-30-41(49-50-51)39(31-54)34-12-8-7-9-13-34)58-47(32)40-28-35(48)17-24-42(40)53(46(47)56)29-33-15-18-36(19-16-33)52-26-11-6-5-10-14-44(52)55/h7-9,12-13,15-24,28,30,32,39,43,45,54H,5-6,10-11,14,25-27,29,31H2,1-4H3/t32-,39?,43+,45-,47+/m0/s1. The summed E-state index contributed by atoms with van der Waals surface area (Å²) in [6.07, 6.45) is 7.04. The topological polar surface area (TPSA) is 110 Å². The largest absolute Gasteiger partial charge is 0.497 e. The second-order valence-electron chi connectivity index (χ2n) is 16.9. The maximum absolute atomic E-state index is 15.4. The minimum atomic E-state index is -2.37. The van der Waals surface area contributed by atoms with Crippen LogP contribution in [0.1, 0.15) is 73.8 Å². The van der Waals surface area contributed by atoms with Gasteiger partial charge in [0.25, 0.3) is 5.91 Å². The van der Waals surface area contributed by atoms with Gasteiger partial charge in [-0.05, 0) is 78.4 Å². The fourth-order valence-electron chi connectivity index (χ4n) is 10.0. The minimum absolute atomic E-state index is 0.0511. The lowest BCUT2D eigenvalue weighted by Gasteiger charge is -2.37. The number of aliphatic hydroxyl groups excluding tert-OH is 1. The van der Waals surface area contributed by atoms with Crippen LogP contribution in [0.15, 0.2) is 108 Å². The fraction of sp³-hybridized carbons (Fsp3) is 0.404. The number of methoxy groups -OCH3 is 1. The normalized spacial score (nSPS) is 22.7. The summed E-state index contributed by atoms with van der Waals surface area (Å²) in [4.78, 5) is 32.2. The van der Waals surface area contributed by atoms with Crippen LogP contribution >= 0.6 is 15.9 Å². The SMILES string of the molecule is COc1ccc([Si](C)(C)[C@@H]2[C@@H](CCn3cc(C(CO)c4ccccc4)nn3)O[C@]3(C(=O)N(Cc4ccc(N5CCCCCCC5=O)cc4)c4ccc(Br)cc43)[C@H]2C)cc1. The van der Waals surface area contributed by atoms with E-state index in [0.29, 0.717) is 31.6 Å². The van der Waals surface area contributed by atoms with E-state index in [2.05, 4.69) is 64.5 Å². The highest BCUT2D eigenvalue weighted by Crippen LogP contribution is 2.60. The monoisotopic (exact) mass is 875 g/mol. The van der Waals surface area contributed by atoms with Gasteiger partial charge in [0.15, 0.2) is 5.60 Å². The third kappa shape index (κ3) is 7.80. The number of carbonyl (C=O) groups excluding carboxylic acids is 2. The number of hydrogen-bond donors (Lipinski definition) is 1. The Bertz CT molecular complexity index is 2270. The number of aryl methyl sites for hydroxylation is 1. The number of aliphatic hydroxyl groups is 1. The first kappa shape index (κ1) is 41.1. The lowest BCUT2D eigenvalue weighted by atomic mass is 9.82. The van der Waals surface area contributed by atoms with E-state index in [1.807, 2.05) is 99.5 Å². The van der Waals surface area contributed by atoms with E-state index in [4.69, 9.17) is 9.47 Å². The number of fused-ring (bicyclic) bond motifs is 2. The molecule has 2 saturated heterocycles. The van der Waals surface area contributed by atoms with Crippen LogP contribution in [0.2, 0.25) is 18.6 Å². The van der Waals surface area contributed by atoms with E-state index in [-0.39, 0.29) is 41.9 Å². The van der Waals surface area contributed by atoms with Crippen molar-refractivity contribution in [3.05, 3.63) is 130 Å². The van der Waals surface area contributed by atoms with Gasteiger partial charge in [-0.25, -0.2) is 0 Å². The summed E-state index contributed by atoms with van der Waals surface area (Å²) in [5, 5.41) is 20.6. The van der Waals surface area contributed by atoms with Crippen LogP contribution < -0.4 is 19.7 Å². The van der Waals surface area contributed by atoms with Crippen LogP contribution in [-0.4, -0.2) is 66.4 Å². The third-order valence-electron chi connectivity index (χ3n) is 13.2. The van der Waals surface area contributed by atoms with Gasteiger partial charge < -0.3 is 24.4 Å². The molecular formula is C47H54BrN5O5Si. The zero-order valence-corrected chi connectivity index (χ0v) is 37.0. The van der Waals surface area contributed by atoms with Gasteiger partial charge in [-0.2, -0.15) is 0 Å². The van der Waals surface area contributed by atoms with Gasteiger partial charge in [0.05, 0.1) is 51.7 Å². The quantitative estimate of drug-likeness (QED) is 0.126. The number of halogens is 1. The molecule has 1 unspecified atom stereocenters. The summed E-state index contributed by atoms with van der Waals surface area (Å²) in [5.74, 6) is 0.495. The highest BCUT2D eigenvalue weighted by molar-refractivity contribution is 9.10. The number of amides is 2. The number of hydrogen-bond acceptors (Lipinski definition) is 7. The number of aromatic nitrogens is 3. The molecule has 2 fully saturated rings. The Hall–Kier alpha value is -4.62. The van der Waals surface area contributed by atoms with E-state index < -0.39 is 13.7 Å². The molecule has 12 heteroatoms. The maximum Gasteiger partial charge on any atom is 0.264 e. The molecule has 0 bridgehead atoms. The van der Waals surface area contributed by atoms with E-state index in [1.165, 1.54) is 5.19 Å². The average molecular weight is 877 g/mol. The molecule has 5 aromatic rings. The second-order valence-corrected chi connectivity index (χ2v) is 22.5. The summed E-state index contributed by atoms with van der Waals surface area (Å²) in [6, 6.07) is 32.5. The predicted octanol–water partition coefficient (Wildman–Crippen LogP) is 8.32. The molecule has 1 aromatic heterocycles. The third-order valence-corrected chi connectivity index (χ3v) is 18.0. The Morgan fingerprint density at radius 2 is 1.71 bits per heavy atom. The van der Waals surface area contributed by atoms with Crippen molar-refractivity contribution in [2.75, 3.05) is 30.1 Å². The van der Waals surface area contributed by atoms with E-state index in [1.54, 1.807) is 7.11 Å². The molecule has 10 nitrogen and oxygen atoms in total. The summed E-state index contributed by atoms with van der Waals surface area (Å²) in [6.45, 7) is 8.56. The fourth-order valence-corrected chi connectivity index (χ4v) is 14.4. The van der Waals surface area contributed by atoms with Crippen molar-refractivity contribution in [1.29, 1.82) is 0 Å². The van der Waals surface area contributed by atoms with Gasteiger partial charge >= 0.3 is 0 Å². The molecule has 5 atom stereocenters. The Labute approximate surface area is 356 Å². The Morgan fingerprint density at radius 3 is 2.44 bits per heavy atom. The molecule has 2 amide bonds. The van der Waals surface area contributed by atoms with Crippen molar-refractivity contribution in [2.24, 2.45) is 5.92 Å². The van der Waals surface area contributed by atoms with Gasteiger partial charge in [0.2, 0.25) is 5.91 Å². The molecule has 1 N–H and O–H groups in total. The smallest absolute Gasteiger partial charge is 0.264 e. The summed E-state index contributed by atoms with van der Waals surface area (Å²) in [7, 11) is -0.690. The van der Waals surface area contributed by atoms with Gasteiger partial charge in [0, 0.05) is 47.3 Å². The van der Waals surface area contributed by atoms with Crippen LogP contribution in [0, 0.1) is 5.92 Å². The predicted molar refractivity (Wildman–Crippen MR) is 237 cm³/mol. The van der Waals surface area contributed by atoms with Crippen molar-refractivity contribution in [2.45, 2.75) is 94.8 Å². The van der Waals surface area contributed by atoms with Crippen LogP contribution in [0.25, 0.3) is 0 Å². The zero-order valence-electron chi connectivity index (χ0n) is 34.4. The molecule has 0 saturated carbocycles.